The molecule has 1 fully saturated rings. The van der Waals surface area contributed by atoms with E-state index < -0.39 is 0 Å². The quantitative estimate of drug-likeness (QED) is 0.596. The Morgan fingerprint density at radius 3 is 2.88 bits per heavy atom. The molecular weight excluding hydrogens is 228 g/mol. The number of rotatable bonds is 7. The Morgan fingerprint density at radius 2 is 2.24 bits per heavy atom. The molecule has 0 amide bonds. The number of nitrogens with zero attached hydrogens (tertiary/aromatic N) is 1. The molecule has 2 rings (SSSR count). The average molecular weight is 250 g/mol. The fourth-order valence-electron chi connectivity index (χ4n) is 2.08. The van der Waals surface area contributed by atoms with Crippen LogP contribution in [0.1, 0.15) is 25.3 Å². The van der Waals surface area contributed by atoms with Gasteiger partial charge in [0.05, 0.1) is 0 Å². The third kappa shape index (κ3) is 4.25. The van der Waals surface area contributed by atoms with Crippen LogP contribution in [0.4, 0.5) is 5.69 Å². The van der Waals surface area contributed by atoms with E-state index in [-0.39, 0.29) is 0 Å². The largest absolute Gasteiger partial charge is 0.399 e. The minimum absolute atomic E-state index is 0.828. The number of hydrogen-bond acceptors (Lipinski definition) is 3. The molecule has 94 valence electrons. The van der Waals surface area contributed by atoms with Crippen LogP contribution >= 0.6 is 11.8 Å². The molecular formula is C14H22N2S. The van der Waals surface area contributed by atoms with E-state index in [0.717, 1.165) is 18.3 Å². The van der Waals surface area contributed by atoms with Crippen molar-refractivity contribution in [2.24, 2.45) is 0 Å². The summed E-state index contributed by atoms with van der Waals surface area (Å²) in [6.07, 6.45) is 2.75. The lowest BCUT2D eigenvalue weighted by molar-refractivity contribution is 0.272. The predicted octanol–water partition coefficient (Wildman–Crippen LogP) is 2.99. The molecule has 0 radical (unpaired) electrons. The first-order chi connectivity index (χ1) is 8.29. The Kier molecular flexibility index (Phi) is 4.75. The summed E-state index contributed by atoms with van der Waals surface area (Å²) < 4.78 is 0. The summed E-state index contributed by atoms with van der Waals surface area (Å²) >= 11 is 2.03. The van der Waals surface area contributed by atoms with Crippen LogP contribution in [-0.4, -0.2) is 29.0 Å². The normalized spacial score (nSPS) is 15.4. The van der Waals surface area contributed by atoms with Gasteiger partial charge in [-0.15, -0.1) is 0 Å². The fourth-order valence-corrected chi connectivity index (χ4v) is 2.73. The topological polar surface area (TPSA) is 29.3 Å². The average Bonchev–Trinajstić information content (AvgIpc) is 3.12. The van der Waals surface area contributed by atoms with E-state index in [1.54, 1.807) is 0 Å². The first kappa shape index (κ1) is 12.8. The molecule has 1 saturated carbocycles. The second-order valence-corrected chi connectivity index (χ2v) is 6.04. The minimum atomic E-state index is 0.828. The van der Waals surface area contributed by atoms with Gasteiger partial charge in [0.2, 0.25) is 0 Å². The van der Waals surface area contributed by atoms with Crippen molar-refractivity contribution in [3.8, 4) is 0 Å². The molecule has 1 aliphatic rings. The zero-order valence-corrected chi connectivity index (χ0v) is 11.4. The van der Waals surface area contributed by atoms with Crippen LogP contribution in [0.5, 0.6) is 0 Å². The van der Waals surface area contributed by atoms with Crippen LogP contribution in [0.3, 0.4) is 0 Å². The minimum Gasteiger partial charge on any atom is -0.399 e. The van der Waals surface area contributed by atoms with E-state index in [9.17, 15) is 0 Å². The van der Waals surface area contributed by atoms with Crippen molar-refractivity contribution in [2.45, 2.75) is 32.4 Å². The van der Waals surface area contributed by atoms with Crippen molar-refractivity contribution >= 4 is 17.4 Å². The third-order valence-electron chi connectivity index (χ3n) is 3.13. The van der Waals surface area contributed by atoms with Gasteiger partial charge in [-0.05, 0) is 36.3 Å². The van der Waals surface area contributed by atoms with Crippen LogP contribution in [0, 0.1) is 0 Å². The lowest BCUT2D eigenvalue weighted by atomic mass is 10.2. The zero-order chi connectivity index (χ0) is 12.1. The number of thioether (sulfide) groups is 1. The maximum Gasteiger partial charge on any atom is 0.0317 e. The first-order valence-corrected chi connectivity index (χ1v) is 7.61. The summed E-state index contributed by atoms with van der Waals surface area (Å²) in [6.45, 7) is 4.49. The van der Waals surface area contributed by atoms with E-state index in [1.807, 2.05) is 17.8 Å². The Bertz CT molecular complexity index is 350. The number of nitrogens with two attached hydrogens (primary N) is 1. The molecule has 0 aromatic heterocycles. The number of anilines is 1. The summed E-state index contributed by atoms with van der Waals surface area (Å²) in [6, 6.07) is 9.11. The molecule has 0 heterocycles. The lowest BCUT2D eigenvalue weighted by Crippen LogP contribution is -2.28. The monoisotopic (exact) mass is 250 g/mol. The molecule has 0 atom stereocenters. The zero-order valence-electron chi connectivity index (χ0n) is 10.6. The van der Waals surface area contributed by atoms with Gasteiger partial charge in [-0.25, -0.2) is 0 Å². The SMILES string of the molecule is CCSCCN(Cc1cccc(N)c1)C1CC1. The molecule has 0 aliphatic heterocycles. The van der Waals surface area contributed by atoms with Crippen molar-refractivity contribution in [3.05, 3.63) is 29.8 Å². The van der Waals surface area contributed by atoms with Crippen LogP contribution in [-0.2, 0) is 6.54 Å². The molecule has 0 saturated heterocycles. The Hall–Kier alpha value is -0.670. The number of nitrogen functional groups attached to an aromatic ring is 1. The Morgan fingerprint density at radius 1 is 1.41 bits per heavy atom. The predicted molar refractivity (Wildman–Crippen MR) is 77.3 cm³/mol. The van der Waals surface area contributed by atoms with Gasteiger partial charge in [0.1, 0.15) is 0 Å². The van der Waals surface area contributed by atoms with Crippen molar-refractivity contribution in [1.82, 2.24) is 4.90 Å². The molecule has 2 nitrogen and oxygen atoms in total. The van der Waals surface area contributed by atoms with Crippen molar-refractivity contribution in [2.75, 3.05) is 23.8 Å². The molecule has 1 aromatic rings. The summed E-state index contributed by atoms with van der Waals surface area (Å²) in [5, 5.41) is 0. The van der Waals surface area contributed by atoms with E-state index in [4.69, 9.17) is 5.73 Å². The van der Waals surface area contributed by atoms with Gasteiger partial charge in [-0.2, -0.15) is 11.8 Å². The third-order valence-corrected chi connectivity index (χ3v) is 4.01. The summed E-state index contributed by atoms with van der Waals surface area (Å²) in [7, 11) is 0. The van der Waals surface area contributed by atoms with Gasteiger partial charge in [0, 0.05) is 30.6 Å². The van der Waals surface area contributed by atoms with Crippen molar-refractivity contribution in [3.63, 3.8) is 0 Å². The molecule has 1 aromatic carbocycles. The molecule has 0 bridgehead atoms. The first-order valence-electron chi connectivity index (χ1n) is 6.46. The molecule has 3 heteroatoms. The standard InChI is InChI=1S/C14H22N2S/c1-2-17-9-8-16(14-6-7-14)11-12-4-3-5-13(15)10-12/h3-5,10,14H,2,6-9,11,15H2,1H3. The Balaban J connectivity index is 1.88. The molecule has 1 aliphatic carbocycles. The number of hydrogen-bond donors (Lipinski definition) is 1. The highest BCUT2D eigenvalue weighted by atomic mass is 32.2. The maximum atomic E-state index is 5.83. The van der Waals surface area contributed by atoms with E-state index in [0.29, 0.717) is 0 Å². The van der Waals surface area contributed by atoms with Gasteiger partial charge < -0.3 is 5.73 Å². The fraction of sp³-hybridized carbons (Fsp3) is 0.571. The van der Waals surface area contributed by atoms with E-state index in [1.165, 1.54) is 36.5 Å². The van der Waals surface area contributed by atoms with Gasteiger partial charge >= 0.3 is 0 Å². The molecule has 0 spiro atoms. The molecule has 0 unspecified atom stereocenters. The maximum absolute atomic E-state index is 5.83. The van der Waals surface area contributed by atoms with E-state index in [2.05, 4.69) is 30.0 Å². The summed E-state index contributed by atoms with van der Waals surface area (Å²) in [5.74, 6) is 2.46. The van der Waals surface area contributed by atoms with Gasteiger partial charge in [0.25, 0.3) is 0 Å². The lowest BCUT2D eigenvalue weighted by Gasteiger charge is -2.21. The van der Waals surface area contributed by atoms with Crippen LogP contribution in [0.25, 0.3) is 0 Å². The second kappa shape index (κ2) is 6.31. The van der Waals surface area contributed by atoms with Crippen LogP contribution in [0.15, 0.2) is 24.3 Å². The van der Waals surface area contributed by atoms with Crippen molar-refractivity contribution in [1.29, 1.82) is 0 Å². The highest BCUT2D eigenvalue weighted by molar-refractivity contribution is 7.99. The van der Waals surface area contributed by atoms with Gasteiger partial charge in [0.15, 0.2) is 0 Å². The van der Waals surface area contributed by atoms with Crippen LogP contribution in [0.2, 0.25) is 0 Å². The highest BCUT2D eigenvalue weighted by Gasteiger charge is 2.28. The smallest absolute Gasteiger partial charge is 0.0317 e. The summed E-state index contributed by atoms with van der Waals surface area (Å²) in [5.41, 5.74) is 8.05. The highest BCUT2D eigenvalue weighted by Crippen LogP contribution is 2.28. The van der Waals surface area contributed by atoms with Crippen molar-refractivity contribution < 1.29 is 0 Å². The Labute approximate surface area is 109 Å². The second-order valence-electron chi connectivity index (χ2n) is 4.64. The van der Waals surface area contributed by atoms with Gasteiger partial charge in [-0.1, -0.05) is 19.1 Å². The summed E-state index contributed by atoms with van der Waals surface area (Å²) in [4.78, 5) is 2.61. The van der Waals surface area contributed by atoms with E-state index >= 15 is 0 Å². The van der Waals surface area contributed by atoms with Gasteiger partial charge in [-0.3, -0.25) is 4.90 Å². The van der Waals surface area contributed by atoms with Crippen LogP contribution < -0.4 is 5.73 Å². The molecule has 2 N–H and O–H groups in total. The number of benzene rings is 1. The molecule has 17 heavy (non-hydrogen) atoms.